The van der Waals surface area contributed by atoms with Crippen molar-refractivity contribution in [2.24, 2.45) is 0 Å². The standard InChI is InChI=1S/C10H12N2O/c1-6(2)8-4-9-10(12-8)3-7(13)5-11-9/h3-6,12-13H,1-2H3. The number of pyridine rings is 1. The Hall–Kier alpha value is -1.51. The van der Waals surface area contributed by atoms with Gasteiger partial charge in [0.2, 0.25) is 0 Å². The zero-order valence-corrected chi connectivity index (χ0v) is 7.70. The van der Waals surface area contributed by atoms with E-state index in [-0.39, 0.29) is 5.75 Å². The fraction of sp³-hybridized carbons (Fsp3) is 0.300. The van der Waals surface area contributed by atoms with E-state index in [0.717, 1.165) is 16.7 Å². The van der Waals surface area contributed by atoms with Crippen molar-refractivity contribution in [1.29, 1.82) is 0 Å². The number of hydrogen-bond donors (Lipinski definition) is 2. The van der Waals surface area contributed by atoms with E-state index in [9.17, 15) is 5.11 Å². The minimum atomic E-state index is 0.199. The van der Waals surface area contributed by atoms with Crippen molar-refractivity contribution in [2.45, 2.75) is 19.8 Å². The molecule has 13 heavy (non-hydrogen) atoms. The number of nitrogens with one attached hydrogen (secondary N) is 1. The summed E-state index contributed by atoms with van der Waals surface area (Å²) in [5, 5.41) is 9.20. The van der Waals surface area contributed by atoms with Crippen LogP contribution in [0.1, 0.15) is 25.5 Å². The normalized spacial score (nSPS) is 11.3. The SMILES string of the molecule is CC(C)c1cc2ncc(O)cc2[nH]1. The van der Waals surface area contributed by atoms with Gasteiger partial charge in [-0.25, -0.2) is 0 Å². The van der Waals surface area contributed by atoms with Crippen LogP contribution in [0.15, 0.2) is 18.3 Å². The summed E-state index contributed by atoms with van der Waals surface area (Å²) in [6, 6.07) is 3.70. The van der Waals surface area contributed by atoms with Crippen LogP contribution >= 0.6 is 0 Å². The first-order valence-corrected chi connectivity index (χ1v) is 4.34. The van der Waals surface area contributed by atoms with E-state index in [1.807, 2.05) is 6.07 Å². The second-order valence-electron chi connectivity index (χ2n) is 3.51. The fourth-order valence-corrected chi connectivity index (χ4v) is 1.33. The summed E-state index contributed by atoms with van der Waals surface area (Å²) in [5.74, 6) is 0.654. The molecule has 2 rings (SSSR count). The second kappa shape index (κ2) is 2.76. The second-order valence-corrected chi connectivity index (χ2v) is 3.51. The Kier molecular flexibility index (Phi) is 1.72. The maximum absolute atomic E-state index is 9.20. The minimum Gasteiger partial charge on any atom is -0.506 e. The third-order valence-electron chi connectivity index (χ3n) is 2.10. The Balaban J connectivity index is 2.62. The predicted octanol–water partition coefficient (Wildman–Crippen LogP) is 2.39. The van der Waals surface area contributed by atoms with Crippen molar-refractivity contribution in [1.82, 2.24) is 9.97 Å². The molecule has 0 spiro atoms. The number of fused-ring (bicyclic) bond motifs is 1. The van der Waals surface area contributed by atoms with Crippen molar-refractivity contribution in [2.75, 3.05) is 0 Å². The van der Waals surface area contributed by atoms with E-state index in [4.69, 9.17) is 0 Å². The molecule has 2 aromatic rings. The molecule has 0 aliphatic carbocycles. The van der Waals surface area contributed by atoms with E-state index >= 15 is 0 Å². The summed E-state index contributed by atoms with van der Waals surface area (Å²) in [6.07, 6.45) is 1.46. The monoisotopic (exact) mass is 176 g/mol. The molecule has 2 N–H and O–H groups in total. The van der Waals surface area contributed by atoms with Crippen LogP contribution in [0.25, 0.3) is 11.0 Å². The quantitative estimate of drug-likeness (QED) is 0.700. The highest BCUT2D eigenvalue weighted by molar-refractivity contribution is 5.77. The first-order valence-electron chi connectivity index (χ1n) is 4.34. The van der Waals surface area contributed by atoms with E-state index in [1.165, 1.54) is 6.20 Å². The third kappa shape index (κ3) is 1.37. The van der Waals surface area contributed by atoms with Gasteiger partial charge in [-0.3, -0.25) is 4.98 Å². The lowest BCUT2D eigenvalue weighted by Crippen LogP contribution is -1.84. The van der Waals surface area contributed by atoms with Gasteiger partial charge in [-0.1, -0.05) is 13.8 Å². The number of rotatable bonds is 1. The number of nitrogens with zero attached hydrogens (tertiary/aromatic N) is 1. The summed E-state index contributed by atoms with van der Waals surface area (Å²) in [4.78, 5) is 7.32. The van der Waals surface area contributed by atoms with Crippen LogP contribution in [-0.4, -0.2) is 15.1 Å². The van der Waals surface area contributed by atoms with Crippen molar-refractivity contribution in [3.63, 3.8) is 0 Å². The molecule has 3 nitrogen and oxygen atoms in total. The van der Waals surface area contributed by atoms with Gasteiger partial charge < -0.3 is 10.1 Å². The van der Waals surface area contributed by atoms with E-state index in [2.05, 4.69) is 23.8 Å². The van der Waals surface area contributed by atoms with Crippen LogP contribution in [0.2, 0.25) is 0 Å². The smallest absolute Gasteiger partial charge is 0.135 e. The Labute approximate surface area is 76.4 Å². The molecule has 0 unspecified atom stereocenters. The number of hydrogen-bond acceptors (Lipinski definition) is 2. The van der Waals surface area contributed by atoms with Crippen LogP contribution in [0, 0.1) is 0 Å². The Morgan fingerprint density at radius 1 is 1.38 bits per heavy atom. The van der Waals surface area contributed by atoms with Crippen LogP contribution in [0.4, 0.5) is 0 Å². The Bertz CT molecular complexity index is 431. The van der Waals surface area contributed by atoms with E-state index < -0.39 is 0 Å². The molecular weight excluding hydrogens is 164 g/mol. The van der Waals surface area contributed by atoms with Gasteiger partial charge in [-0.05, 0) is 12.0 Å². The number of H-pyrrole nitrogens is 1. The molecule has 0 aromatic carbocycles. The summed E-state index contributed by atoms with van der Waals surface area (Å²) in [6.45, 7) is 4.23. The number of aromatic amines is 1. The zero-order valence-electron chi connectivity index (χ0n) is 7.70. The van der Waals surface area contributed by atoms with E-state index in [0.29, 0.717) is 5.92 Å². The third-order valence-corrected chi connectivity index (χ3v) is 2.10. The highest BCUT2D eigenvalue weighted by Crippen LogP contribution is 2.21. The molecule has 0 atom stereocenters. The van der Waals surface area contributed by atoms with Crippen molar-refractivity contribution < 1.29 is 5.11 Å². The molecule has 0 fully saturated rings. The summed E-state index contributed by atoms with van der Waals surface area (Å²) in [7, 11) is 0. The van der Waals surface area contributed by atoms with Gasteiger partial charge in [0.05, 0.1) is 17.2 Å². The molecule has 0 amide bonds. The van der Waals surface area contributed by atoms with Crippen LogP contribution in [0.3, 0.4) is 0 Å². The molecule has 0 saturated carbocycles. The maximum atomic E-state index is 9.20. The molecule has 0 aliphatic heterocycles. The van der Waals surface area contributed by atoms with Gasteiger partial charge in [-0.15, -0.1) is 0 Å². The topological polar surface area (TPSA) is 48.9 Å². The molecule has 0 saturated heterocycles. The lowest BCUT2D eigenvalue weighted by Gasteiger charge is -1.97. The average Bonchev–Trinajstić information content (AvgIpc) is 2.46. The minimum absolute atomic E-state index is 0.199. The molecule has 68 valence electrons. The first kappa shape index (κ1) is 8.10. The molecule has 0 aliphatic rings. The highest BCUT2D eigenvalue weighted by Gasteiger charge is 2.05. The molecule has 0 radical (unpaired) electrons. The Morgan fingerprint density at radius 3 is 2.85 bits per heavy atom. The zero-order chi connectivity index (χ0) is 9.42. The lowest BCUT2D eigenvalue weighted by molar-refractivity contribution is 0.474. The average molecular weight is 176 g/mol. The van der Waals surface area contributed by atoms with Gasteiger partial charge in [0, 0.05) is 11.8 Å². The van der Waals surface area contributed by atoms with Gasteiger partial charge in [0.25, 0.3) is 0 Å². The van der Waals surface area contributed by atoms with Crippen LogP contribution in [-0.2, 0) is 0 Å². The fourth-order valence-electron chi connectivity index (χ4n) is 1.33. The molecule has 0 bridgehead atoms. The largest absolute Gasteiger partial charge is 0.506 e. The van der Waals surface area contributed by atoms with Gasteiger partial charge in [0.1, 0.15) is 5.75 Å². The molecule has 2 heterocycles. The van der Waals surface area contributed by atoms with Crippen molar-refractivity contribution in [3.8, 4) is 5.75 Å². The predicted molar refractivity (Wildman–Crippen MR) is 51.8 cm³/mol. The summed E-state index contributed by atoms with van der Waals surface area (Å²) in [5.41, 5.74) is 2.94. The van der Waals surface area contributed by atoms with Crippen molar-refractivity contribution in [3.05, 3.63) is 24.0 Å². The van der Waals surface area contributed by atoms with Crippen LogP contribution in [0.5, 0.6) is 5.75 Å². The molecule has 2 aromatic heterocycles. The number of aromatic nitrogens is 2. The molecular formula is C10H12N2O. The summed E-state index contributed by atoms with van der Waals surface area (Å²) >= 11 is 0. The molecule has 3 heteroatoms. The van der Waals surface area contributed by atoms with Gasteiger partial charge in [-0.2, -0.15) is 0 Å². The van der Waals surface area contributed by atoms with Gasteiger partial charge >= 0.3 is 0 Å². The van der Waals surface area contributed by atoms with Crippen molar-refractivity contribution >= 4 is 11.0 Å². The summed E-state index contributed by atoms with van der Waals surface area (Å²) < 4.78 is 0. The first-order chi connectivity index (χ1) is 6.16. The maximum Gasteiger partial charge on any atom is 0.135 e. The van der Waals surface area contributed by atoms with E-state index in [1.54, 1.807) is 6.07 Å². The Morgan fingerprint density at radius 2 is 2.15 bits per heavy atom. The number of aromatic hydroxyl groups is 1. The lowest BCUT2D eigenvalue weighted by atomic mass is 10.1. The highest BCUT2D eigenvalue weighted by atomic mass is 16.3. The van der Waals surface area contributed by atoms with Gasteiger partial charge in [0.15, 0.2) is 0 Å². The van der Waals surface area contributed by atoms with Crippen LogP contribution < -0.4 is 0 Å².